The van der Waals surface area contributed by atoms with Crippen LogP contribution in [0.2, 0.25) is 0 Å². The third-order valence-electron chi connectivity index (χ3n) is 2.32. The minimum absolute atomic E-state index is 0.141. The Morgan fingerprint density at radius 1 is 1.59 bits per heavy atom. The van der Waals surface area contributed by atoms with Gasteiger partial charge in [0.2, 0.25) is 5.88 Å². The molecule has 8 heteroatoms. The molecule has 0 bridgehead atoms. The van der Waals surface area contributed by atoms with E-state index in [2.05, 4.69) is 10.1 Å². The van der Waals surface area contributed by atoms with Crippen molar-refractivity contribution < 1.29 is 14.4 Å². The molecule has 0 fully saturated rings. The molecule has 3 aromatic heterocycles. The number of hydrogen-bond donors (Lipinski definition) is 2. The summed E-state index contributed by atoms with van der Waals surface area (Å²) in [6, 6.07) is 0. The average Bonchev–Trinajstić information content (AvgIpc) is 2.90. The Bertz CT molecular complexity index is 711. The molecule has 0 saturated heterocycles. The van der Waals surface area contributed by atoms with Crippen molar-refractivity contribution in [2.75, 3.05) is 5.73 Å². The number of nitrogens with two attached hydrogens (primary N) is 1. The summed E-state index contributed by atoms with van der Waals surface area (Å²) in [5.41, 5.74) is 6.01. The number of rotatable bonds is 2. The molecule has 0 aliphatic heterocycles. The predicted octanol–water partition coefficient (Wildman–Crippen LogP) is 1.33. The Morgan fingerprint density at radius 3 is 3.18 bits per heavy atom. The van der Waals surface area contributed by atoms with Gasteiger partial charge in [0.25, 0.3) is 0 Å². The third-order valence-corrected chi connectivity index (χ3v) is 3.09. The summed E-state index contributed by atoms with van der Waals surface area (Å²) in [6.07, 6.45) is 3.31. The quantitative estimate of drug-likeness (QED) is 0.710. The normalized spacial score (nSPS) is 11.1. The number of imidazole rings is 1. The maximum Gasteiger partial charge on any atom is 0.343 e. The van der Waals surface area contributed by atoms with Crippen LogP contribution in [0.1, 0.15) is 10.4 Å². The topological polar surface area (TPSA) is 107 Å². The van der Waals surface area contributed by atoms with Gasteiger partial charge in [0.05, 0.1) is 11.9 Å². The fourth-order valence-electron chi connectivity index (χ4n) is 1.59. The Hall–Kier alpha value is -2.35. The molecular weight excluding hydrogens is 244 g/mol. The zero-order valence-electron chi connectivity index (χ0n) is 8.32. The molecule has 3 heterocycles. The molecule has 0 amide bonds. The second-order valence-corrected chi connectivity index (χ2v) is 4.15. The van der Waals surface area contributed by atoms with Crippen LogP contribution in [0.25, 0.3) is 16.3 Å². The summed E-state index contributed by atoms with van der Waals surface area (Å²) in [6.45, 7) is 0. The van der Waals surface area contributed by atoms with E-state index in [-0.39, 0.29) is 17.1 Å². The van der Waals surface area contributed by atoms with Crippen LogP contribution >= 0.6 is 11.3 Å². The number of anilines is 1. The molecule has 0 atom stereocenters. The molecule has 0 spiro atoms. The maximum absolute atomic E-state index is 11.1. The second-order valence-electron chi connectivity index (χ2n) is 3.27. The lowest BCUT2D eigenvalue weighted by molar-refractivity contribution is 0.0698. The molecule has 7 nitrogen and oxygen atoms in total. The van der Waals surface area contributed by atoms with Crippen molar-refractivity contribution in [3.05, 3.63) is 23.3 Å². The molecule has 0 saturated carbocycles. The molecule has 0 aromatic carbocycles. The van der Waals surface area contributed by atoms with Crippen molar-refractivity contribution in [1.29, 1.82) is 0 Å². The van der Waals surface area contributed by atoms with E-state index >= 15 is 0 Å². The number of nitrogens with zero attached hydrogens (tertiary/aromatic N) is 3. The Labute approximate surface area is 98.1 Å². The number of aromatic carboxylic acids is 1. The van der Waals surface area contributed by atoms with Gasteiger partial charge in [-0.15, -0.1) is 11.3 Å². The molecule has 3 aromatic rings. The molecule has 0 aliphatic carbocycles. The summed E-state index contributed by atoms with van der Waals surface area (Å²) >= 11 is 1.44. The number of aromatic nitrogens is 3. The monoisotopic (exact) mass is 250 g/mol. The van der Waals surface area contributed by atoms with E-state index in [1.54, 1.807) is 10.6 Å². The van der Waals surface area contributed by atoms with Gasteiger partial charge >= 0.3 is 5.97 Å². The Balaban J connectivity index is 2.30. The van der Waals surface area contributed by atoms with Crippen molar-refractivity contribution >= 4 is 28.2 Å². The summed E-state index contributed by atoms with van der Waals surface area (Å²) in [5, 5.41) is 14.6. The molecular formula is C9H6N4O3S. The van der Waals surface area contributed by atoms with Gasteiger partial charge in [-0.05, 0) is 0 Å². The molecule has 0 unspecified atom stereocenters. The van der Waals surface area contributed by atoms with Crippen molar-refractivity contribution in [3.8, 4) is 11.4 Å². The zero-order chi connectivity index (χ0) is 12.0. The van der Waals surface area contributed by atoms with Crippen molar-refractivity contribution in [3.63, 3.8) is 0 Å². The second kappa shape index (κ2) is 3.32. The number of thiazole rings is 1. The van der Waals surface area contributed by atoms with Gasteiger partial charge < -0.3 is 15.4 Å². The number of nitrogen functional groups attached to an aromatic ring is 1. The van der Waals surface area contributed by atoms with Gasteiger partial charge in [-0.3, -0.25) is 4.40 Å². The Morgan fingerprint density at radius 2 is 2.41 bits per heavy atom. The fourth-order valence-corrected chi connectivity index (χ4v) is 2.28. The van der Waals surface area contributed by atoms with Gasteiger partial charge in [-0.2, -0.15) is 0 Å². The van der Waals surface area contributed by atoms with E-state index < -0.39 is 5.97 Å². The van der Waals surface area contributed by atoms with E-state index in [0.717, 1.165) is 4.96 Å². The van der Waals surface area contributed by atoms with Crippen LogP contribution in [-0.4, -0.2) is 25.6 Å². The minimum atomic E-state index is -1.18. The van der Waals surface area contributed by atoms with E-state index in [4.69, 9.17) is 15.4 Å². The fraction of sp³-hybridized carbons (Fsp3) is 0. The molecule has 3 rings (SSSR count). The first-order chi connectivity index (χ1) is 8.18. The van der Waals surface area contributed by atoms with Crippen LogP contribution in [-0.2, 0) is 0 Å². The number of carboxylic acid groups (broad SMARTS) is 1. The van der Waals surface area contributed by atoms with E-state index in [0.29, 0.717) is 5.69 Å². The summed E-state index contributed by atoms with van der Waals surface area (Å²) < 4.78 is 6.45. The average molecular weight is 250 g/mol. The van der Waals surface area contributed by atoms with Gasteiger partial charge in [-0.25, -0.2) is 9.78 Å². The molecule has 0 aliphatic rings. The van der Waals surface area contributed by atoms with Crippen molar-refractivity contribution in [1.82, 2.24) is 14.5 Å². The number of fused-ring (bicyclic) bond motifs is 1. The van der Waals surface area contributed by atoms with Gasteiger partial charge in [0.1, 0.15) is 5.69 Å². The highest BCUT2D eigenvalue weighted by Gasteiger charge is 2.24. The van der Waals surface area contributed by atoms with Crippen LogP contribution in [0.15, 0.2) is 22.3 Å². The maximum atomic E-state index is 11.1. The number of hydrogen-bond acceptors (Lipinski definition) is 6. The highest BCUT2D eigenvalue weighted by Crippen LogP contribution is 2.28. The lowest BCUT2D eigenvalue weighted by atomic mass is 10.2. The largest absolute Gasteiger partial charge is 0.477 e. The highest BCUT2D eigenvalue weighted by atomic mass is 32.1. The zero-order valence-corrected chi connectivity index (χ0v) is 9.14. The van der Waals surface area contributed by atoms with E-state index in [9.17, 15) is 4.79 Å². The van der Waals surface area contributed by atoms with E-state index in [1.807, 2.05) is 5.38 Å². The van der Waals surface area contributed by atoms with Crippen LogP contribution in [0.5, 0.6) is 0 Å². The third kappa shape index (κ3) is 1.31. The molecule has 17 heavy (non-hydrogen) atoms. The van der Waals surface area contributed by atoms with Gasteiger partial charge in [0.15, 0.2) is 10.5 Å². The first-order valence-corrected chi connectivity index (χ1v) is 5.46. The van der Waals surface area contributed by atoms with Crippen LogP contribution in [0.3, 0.4) is 0 Å². The smallest absolute Gasteiger partial charge is 0.343 e. The minimum Gasteiger partial charge on any atom is -0.477 e. The molecule has 0 radical (unpaired) electrons. The summed E-state index contributed by atoms with van der Waals surface area (Å²) in [4.78, 5) is 15.9. The Kier molecular flexibility index (Phi) is 1.92. The number of carbonyl (C=O) groups is 1. The lowest BCUT2D eigenvalue weighted by Crippen LogP contribution is -2.01. The summed E-state index contributed by atoms with van der Waals surface area (Å²) in [7, 11) is 0. The molecule has 86 valence electrons. The SMILES string of the molecule is Nc1onc(-c2cnc3sccn23)c1C(=O)O. The predicted molar refractivity (Wildman–Crippen MR) is 59.9 cm³/mol. The van der Waals surface area contributed by atoms with Crippen LogP contribution in [0.4, 0.5) is 5.88 Å². The standard InChI is InChI=1S/C9H6N4O3S/c10-7-5(8(14)15)6(12-16-7)4-3-11-9-13(4)1-2-17-9/h1-3H,10H2,(H,14,15). The first-order valence-electron chi connectivity index (χ1n) is 4.58. The van der Waals surface area contributed by atoms with Crippen LogP contribution in [0, 0.1) is 0 Å². The summed E-state index contributed by atoms with van der Waals surface area (Å²) in [5.74, 6) is -1.39. The first kappa shape index (κ1) is 9.85. The van der Waals surface area contributed by atoms with Crippen molar-refractivity contribution in [2.24, 2.45) is 0 Å². The number of carboxylic acids is 1. The highest BCUT2D eigenvalue weighted by molar-refractivity contribution is 7.15. The lowest BCUT2D eigenvalue weighted by Gasteiger charge is -1.95. The van der Waals surface area contributed by atoms with Crippen molar-refractivity contribution in [2.45, 2.75) is 0 Å². The molecule has 3 N–H and O–H groups in total. The van der Waals surface area contributed by atoms with E-state index in [1.165, 1.54) is 17.5 Å². The van der Waals surface area contributed by atoms with Gasteiger partial charge in [-0.1, -0.05) is 5.16 Å². The van der Waals surface area contributed by atoms with Gasteiger partial charge in [0, 0.05) is 11.6 Å². The van der Waals surface area contributed by atoms with Crippen LogP contribution < -0.4 is 5.73 Å².